The Kier molecular flexibility index (Phi) is 4.95. The second kappa shape index (κ2) is 6.70. The predicted molar refractivity (Wildman–Crippen MR) is 71.0 cm³/mol. The first-order valence-electron chi connectivity index (χ1n) is 6.52. The minimum absolute atomic E-state index is 0.760. The Morgan fingerprint density at radius 2 is 1.06 bits per heavy atom. The average Bonchev–Trinajstić information content (AvgIpc) is 2.41. The quantitative estimate of drug-likeness (QED) is 0.684. The zero-order valence-corrected chi connectivity index (χ0v) is 11.3. The van der Waals surface area contributed by atoms with E-state index in [1.54, 1.807) is 0 Å². The molecule has 0 saturated carbocycles. The van der Waals surface area contributed by atoms with Gasteiger partial charge in [0.1, 0.15) is 0 Å². The number of nitrogens with zero attached hydrogens (tertiary/aromatic N) is 4. The first kappa shape index (κ1) is 13.3. The largest absolute Gasteiger partial charge is 0.378 e. The summed E-state index contributed by atoms with van der Waals surface area (Å²) in [4.78, 5) is 0. The lowest BCUT2D eigenvalue weighted by Gasteiger charge is -2.26. The van der Waals surface area contributed by atoms with Crippen LogP contribution in [0.3, 0.4) is 0 Å². The van der Waals surface area contributed by atoms with Crippen LogP contribution in [0.4, 0.5) is 0 Å². The molecule has 0 bridgehead atoms. The summed E-state index contributed by atoms with van der Waals surface area (Å²) in [6.07, 6.45) is 0. The summed E-state index contributed by atoms with van der Waals surface area (Å²) in [6.45, 7) is 10.5. The highest BCUT2D eigenvalue weighted by atomic mass is 16.5. The van der Waals surface area contributed by atoms with Crippen molar-refractivity contribution in [3.05, 3.63) is 0 Å². The highest BCUT2D eigenvalue weighted by molar-refractivity contribution is 6.40. The lowest BCUT2D eigenvalue weighted by Crippen LogP contribution is -2.35. The fourth-order valence-corrected chi connectivity index (χ4v) is 1.88. The van der Waals surface area contributed by atoms with Crippen molar-refractivity contribution in [3.63, 3.8) is 0 Å². The Hall–Kier alpha value is -1.14. The second-order valence-electron chi connectivity index (χ2n) is 4.50. The van der Waals surface area contributed by atoms with Gasteiger partial charge in [0.25, 0.3) is 0 Å². The first-order valence-corrected chi connectivity index (χ1v) is 6.52. The summed E-state index contributed by atoms with van der Waals surface area (Å²) in [6, 6.07) is 0. The van der Waals surface area contributed by atoms with Crippen molar-refractivity contribution in [2.24, 2.45) is 10.2 Å². The van der Waals surface area contributed by atoms with Crippen LogP contribution in [0.25, 0.3) is 0 Å². The summed E-state index contributed by atoms with van der Waals surface area (Å²) in [5, 5.41) is 13.3. The maximum Gasteiger partial charge on any atom is 0.0803 e. The molecule has 0 radical (unpaired) electrons. The Labute approximate surface area is 108 Å². The van der Waals surface area contributed by atoms with Gasteiger partial charge >= 0.3 is 0 Å². The van der Waals surface area contributed by atoms with Crippen LogP contribution in [0.15, 0.2) is 10.2 Å². The molecule has 0 N–H and O–H groups in total. The van der Waals surface area contributed by atoms with E-state index in [1.165, 1.54) is 0 Å². The van der Waals surface area contributed by atoms with Crippen LogP contribution in [0.5, 0.6) is 0 Å². The van der Waals surface area contributed by atoms with Gasteiger partial charge in [0, 0.05) is 0 Å². The van der Waals surface area contributed by atoms with Crippen LogP contribution < -0.4 is 0 Å². The summed E-state index contributed by atoms with van der Waals surface area (Å²) < 4.78 is 10.6. The lowest BCUT2D eigenvalue weighted by atomic mass is 10.3. The van der Waals surface area contributed by atoms with Crippen LogP contribution in [-0.2, 0) is 9.47 Å². The van der Waals surface area contributed by atoms with Gasteiger partial charge in [-0.3, -0.25) is 10.0 Å². The van der Waals surface area contributed by atoms with Crippen molar-refractivity contribution in [1.29, 1.82) is 0 Å². The van der Waals surface area contributed by atoms with Crippen LogP contribution >= 0.6 is 0 Å². The lowest BCUT2D eigenvalue weighted by molar-refractivity contribution is 0.0386. The standard InChI is InChI=1S/C12H22N4O2/c1-11(13-15-3-7-17-8-4-15)12(2)14-16-5-9-18-10-6-16/h3-10H2,1-2H3/b13-11+,14-12+. The molecule has 2 fully saturated rings. The molecule has 0 aliphatic carbocycles. The predicted octanol–water partition coefficient (Wildman–Crippen LogP) is 0.403. The molecule has 2 heterocycles. The minimum atomic E-state index is 0.760. The summed E-state index contributed by atoms with van der Waals surface area (Å²) in [5.41, 5.74) is 1.95. The molecule has 102 valence electrons. The Bertz CT molecular complexity index is 286. The third-order valence-corrected chi connectivity index (χ3v) is 3.08. The fraction of sp³-hybridized carbons (Fsp3) is 0.833. The van der Waals surface area contributed by atoms with E-state index in [4.69, 9.17) is 9.47 Å². The van der Waals surface area contributed by atoms with Crippen LogP contribution in [0.1, 0.15) is 13.8 Å². The minimum Gasteiger partial charge on any atom is -0.378 e. The van der Waals surface area contributed by atoms with E-state index >= 15 is 0 Å². The molecule has 2 aliphatic heterocycles. The zero-order valence-electron chi connectivity index (χ0n) is 11.3. The molecule has 2 aliphatic rings. The summed E-state index contributed by atoms with van der Waals surface area (Å²) in [7, 11) is 0. The number of morpholine rings is 2. The van der Waals surface area contributed by atoms with Gasteiger partial charge in [-0.25, -0.2) is 0 Å². The Morgan fingerprint density at radius 3 is 1.39 bits per heavy atom. The monoisotopic (exact) mass is 254 g/mol. The third kappa shape index (κ3) is 3.96. The van der Waals surface area contributed by atoms with Gasteiger partial charge in [-0.1, -0.05) is 0 Å². The molecular weight excluding hydrogens is 232 g/mol. The van der Waals surface area contributed by atoms with Crippen molar-refractivity contribution >= 4 is 11.4 Å². The molecule has 6 nitrogen and oxygen atoms in total. The number of hydrogen-bond donors (Lipinski definition) is 0. The van der Waals surface area contributed by atoms with E-state index in [2.05, 4.69) is 20.2 Å². The normalized spacial score (nSPS) is 23.4. The van der Waals surface area contributed by atoms with Gasteiger partial charge in [-0.15, -0.1) is 0 Å². The topological polar surface area (TPSA) is 49.7 Å². The van der Waals surface area contributed by atoms with Crippen molar-refractivity contribution in [2.45, 2.75) is 13.8 Å². The molecule has 0 aromatic rings. The molecule has 0 aromatic heterocycles. The zero-order chi connectivity index (χ0) is 12.8. The van der Waals surface area contributed by atoms with Crippen molar-refractivity contribution in [1.82, 2.24) is 10.0 Å². The number of rotatable bonds is 3. The van der Waals surface area contributed by atoms with Gasteiger partial charge in [0.05, 0.1) is 64.0 Å². The van der Waals surface area contributed by atoms with E-state index < -0.39 is 0 Å². The highest BCUT2D eigenvalue weighted by Crippen LogP contribution is 2.01. The van der Waals surface area contributed by atoms with E-state index in [1.807, 2.05) is 13.8 Å². The van der Waals surface area contributed by atoms with Crippen molar-refractivity contribution in [3.8, 4) is 0 Å². The SMILES string of the molecule is CC(=N\N1CCOCC1)/C(C)=N/N1CCOCC1. The molecule has 0 spiro atoms. The summed E-state index contributed by atoms with van der Waals surface area (Å²) >= 11 is 0. The number of hydrogen-bond acceptors (Lipinski definition) is 6. The Morgan fingerprint density at radius 1 is 0.722 bits per heavy atom. The number of hydrazone groups is 2. The van der Waals surface area contributed by atoms with Crippen LogP contribution in [-0.4, -0.2) is 74.0 Å². The fourth-order valence-electron chi connectivity index (χ4n) is 1.88. The molecule has 0 amide bonds. The summed E-state index contributed by atoms with van der Waals surface area (Å²) in [5.74, 6) is 0. The molecular formula is C12H22N4O2. The number of ether oxygens (including phenoxy) is 2. The van der Waals surface area contributed by atoms with E-state index in [-0.39, 0.29) is 0 Å². The molecule has 0 atom stereocenters. The van der Waals surface area contributed by atoms with Gasteiger partial charge in [0.15, 0.2) is 0 Å². The van der Waals surface area contributed by atoms with Crippen LogP contribution in [0.2, 0.25) is 0 Å². The Balaban J connectivity index is 1.91. The van der Waals surface area contributed by atoms with E-state index in [0.717, 1.165) is 64.0 Å². The first-order chi connectivity index (χ1) is 8.75. The molecule has 2 saturated heterocycles. The molecule has 0 aromatic carbocycles. The third-order valence-electron chi connectivity index (χ3n) is 3.08. The van der Waals surface area contributed by atoms with Crippen molar-refractivity contribution < 1.29 is 9.47 Å². The van der Waals surface area contributed by atoms with Gasteiger partial charge in [-0.2, -0.15) is 10.2 Å². The van der Waals surface area contributed by atoms with E-state index in [0.29, 0.717) is 0 Å². The maximum absolute atomic E-state index is 5.30. The van der Waals surface area contributed by atoms with Gasteiger partial charge in [-0.05, 0) is 13.8 Å². The maximum atomic E-state index is 5.30. The highest BCUT2D eigenvalue weighted by Gasteiger charge is 2.11. The van der Waals surface area contributed by atoms with E-state index in [9.17, 15) is 0 Å². The van der Waals surface area contributed by atoms with Gasteiger partial charge < -0.3 is 9.47 Å². The molecule has 0 unspecified atom stereocenters. The van der Waals surface area contributed by atoms with Crippen LogP contribution in [0, 0.1) is 0 Å². The van der Waals surface area contributed by atoms with Gasteiger partial charge in [0.2, 0.25) is 0 Å². The van der Waals surface area contributed by atoms with Crippen molar-refractivity contribution in [2.75, 3.05) is 52.6 Å². The second-order valence-corrected chi connectivity index (χ2v) is 4.50. The average molecular weight is 254 g/mol. The molecule has 18 heavy (non-hydrogen) atoms. The molecule has 6 heteroatoms. The molecule has 2 rings (SSSR count). The smallest absolute Gasteiger partial charge is 0.0803 e.